The summed E-state index contributed by atoms with van der Waals surface area (Å²) < 4.78 is 17.9. The van der Waals surface area contributed by atoms with Crippen LogP contribution in [-0.2, 0) is 9.53 Å². The quantitative estimate of drug-likeness (QED) is 0.535. The number of rotatable bonds is 5. The molecule has 1 N–H and O–H groups in total. The van der Waals surface area contributed by atoms with Gasteiger partial charge in [0.05, 0.1) is 19.9 Å². The van der Waals surface area contributed by atoms with Crippen LogP contribution in [0.3, 0.4) is 0 Å². The summed E-state index contributed by atoms with van der Waals surface area (Å²) >= 11 is 0. The fourth-order valence-corrected chi connectivity index (χ4v) is 5.02. The summed E-state index contributed by atoms with van der Waals surface area (Å²) in [7, 11) is 1.54. The number of carbonyl (C=O) groups excluding carboxylic acids is 2. The number of hydrogen-bond donors (Lipinski definition) is 1. The second-order valence-electron chi connectivity index (χ2n) is 9.16. The zero-order valence-corrected chi connectivity index (χ0v) is 20.1. The van der Waals surface area contributed by atoms with Gasteiger partial charge in [-0.1, -0.05) is 0 Å². The van der Waals surface area contributed by atoms with E-state index >= 15 is 0 Å². The number of cyclic esters (lactones) is 1. The lowest BCUT2D eigenvalue weighted by atomic mass is 10.0. The van der Waals surface area contributed by atoms with E-state index < -0.39 is 6.09 Å². The van der Waals surface area contributed by atoms with Crippen molar-refractivity contribution >= 4 is 34.8 Å². The first kappa shape index (κ1) is 23.2. The first-order valence-electron chi connectivity index (χ1n) is 12.0. The van der Waals surface area contributed by atoms with E-state index in [1.165, 1.54) is 18.2 Å². The van der Waals surface area contributed by atoms with E-state index in [1.807, 2.05) is 0 Å². The molecule has 2 fully saturated rings. The van der Waals surface area contributed by atoms with Crippen molar-refractivity contribution in [2.24, 2.45) is 0 Å². The molecule has 0 bridgehead atoms. The summed E-state index contributed by atoms with van der Waals surface area (Å²) in [4.78, 5) is 53.6. The number of piperidine rings is 1. The van der Waals surface area contributed by atoms with Gasteiger partial charge in [-0.3, -0.25) is 24.0 Å². The normalized spacial score (nSPS) is 20.4. The molecular weight excluding hydrogens is 482 g/mol. The molecule has 0 spiro atoms. The number of carbonyl (C=O) groups is 2. The van der Waals surface area contributed by atoms with Crippen LogP contribution in [0, 0.1) is 0 Å². The standard InChI is InChI=1S/C24H25N7O6/c1-35-20-5-2-16-23(28-20)31(21(33)10-25-16)14-6-8-29(9-7-14)11-15-12-30(24(34)37-15)18-4-3-17-22(26-18)27-19(32)13-36-17/h2-5,10,14-15H,6-9,11-13H2,1H3,(H,26,27,32)/t15-/m0/s1. The van der Waals surface area contributed by atoms with Gasteiger partial charge in [-0.05, 0) is 31.0 Å². The Morgan fingerprint density at radius 3 is 2.76 bits per heavy atom. The van der Waals surface area contributed by atoms with Gasteiger partial charge in [0, 0.05) is 31.7 Å². The molecule has 6 heterocycles. The number of ether oxygens (including phenoxy) is 3. The van der Waals surface area contributed by atoms with Crippen molar-refractivity contribution in [2.45, 2.75) is 25.0 Å². The summed E-state index contributed by atoms with van der Waals surface area (Å²) in [5.74, 6) is 1.28. The summed E-state index contributed by atoms with van der Waals surface area (Å²) in [6, 6.07) is 6.85. The highest BCUT2D eigenvalue weighted by Gasteiger charge is 2.36. The molecule has 2 saturated heterocycles. The van der Waals surface area contributed by atoms with E-state index in [4.69, 9.17) is 14.2 Å². The van der Waals surface area contributed by atoms with Crippen LogP contribution >= 0.6 is 0 Å². The van der Waals surface area contributed by atoms with Gasteiger partial charge in [-0.15, -0.1) is 0 Å². The Hall–Kier alpha value is -4.26. The van der Waals surface area contributed by atoms with E-state index in [-0.39, 0.29) is 36.0 Å². The van der Waals surface area contributed by atoms with Gasteiger partial charge in [0.1, 0.15) is 17.4 Å². The lowest BCUT2D eigenvalue weighted by Gasteiger charge is -2.33. The number of aromatic nitrogens is 4. The average molecular weight is 508 g/mol. The third-order valence-electron chi connectivity index (χ3n) is 6.81. The summed E-state index contributed by atoms with van der Waals surface area (Å²) in [5.41, 5.74) is 0.971. The second kappa shape index (κ2) is 9.32. The molecule has 3 aliphatic heterocycles. The SMILES string of the molecule is COc1ccc2ncc(=O)n(C3CCN(C[C@H]4CN(c5ccc6c(n5)NC(=O)CO6)C(=O)O4)CC3)c2n1. The van der Waals surface area contributed by atoms with Crippen LogP contribution in [0.4, 0.5) is 16.4 Å². The third kappa shape index (κ3) is 4.42. The van der Waals surface area contributed by atoms with Crippen LogP contribution in [0.1, 0.15) is 18.9 Å². The van der Waals surface area contributed by atoms with Gasteiger partial charge < -0.3 is 19.5 Å². The highest BCUT2D eigenvalue weighted by atomic mass is 16.6. The smallest absolute Gasteiger partial charge is 0.416 e. The van der Waals surface area contributed by atoms with Crippen LogP contribution in [0.5, 0.6) is 11.6 Å². The number of nitrogens with one attached hydrogen (secondary N) is 1. The predicted molar refractivity (Wildman–Crippen MR) is 131 cm³/mol. The zero-order valence-electron chi connectivity index (χ0n) is 20.1. The van der Waals surface area contributed by atoms with Gasteiger partial charge in [-0.25, -0.2) is 14.8 Å². The average Bonchev–Trinajstić information content (AvgIpc) is 3.28. The lowest BCUT2D eigenvalue weighted by Crippen LogP contribution is -2.42. The molecule has 13 heteroatoms. The Bertz CT molecular complexity index is 1430. The van der Waals surface area contributed by atoms with Crippen LogP contribution in [0.25, 0.3) is 11.2 Å². The molecular formula is C24H25N7O6. The molecule has 0 unspecified atom stereocenters. The number of hydrogen-bond acceptors (Lipinski definition) is 10. The minimum absolute atomic E-state index is 0.0198. The number of fused-ring (bicyclic) bond motifs is 2. The Morgan fingerprint density at radius 2 is 1.95 bits per heavy atom. The monoisotopic (exact) mass is 507 g/mol. The Balaban J connectivity index is 1.10. The Kier molecular flexibility index (Phi) is 5.83. The van der Waals surface area contributed by atoms with E-state index in [9.17, 15) is 14.4 Å². The van der Waals surface area contributed by atoms with Gasteiger partial charge in [0.2, 0.25) is 5.88 Å². The van der Waals surface area contributed by atoms with Gasteiger partial charge in [0.25, 0.3) is 11.5 Å². The van der Waals surface area contributed by atoms with Crippen LogP contribution in [0.15, 0.2) is 35.3 Å². The van der Waals surface area contributed by atoms with Crippen molar-refractivity contribution in [1.29, 1.82) is 0 Å². The second-order valence-corrected chi connectivity index (χ2v) is 9.16. The molecule has 3 aromatic heterocycles. The largest absolute Gasteiger partial charge is 0.481 e. The number of methoxy groups -OCH3 is 1. The molecule has 37 heavy (non-hydrogen) atoms. The number of amides is 2. The van der Waals surface area contributed by atoms with Crippen molar-refractivity contribution < 1.29 is 23.8 Å². The van der Waals surface area contributed by atoms with E-state index in [2.05, 4.69) is 25.2 Å². The van der Waals surface area contributed by atoms with Gasteiger partial charge >= 0.3 is 6.09 Å². The maximum Gasteiger partial charge on any atom is 0.416 e. The van der Waals surface area contributed by atoms with Crippen molar-refractivity contribution in [3.8, 4) is 11.6 Å². The number of likely N-dealkylation sites (tertiary alicyclic amines) is 1. The molecule has 2 amide bonds. The maximum absolute atomic E-state index is 12.7. The first-order valence-corrected chi connectivity index (χ1v) is 12.0. The summed E-state index contributed by atoms with van der Waals surface area (Å²) in [6.45, 7) is 2.32. The molecule has 13 nitrogen and oxygen atoms in total. The minimum atomic E-state index is -0.481. The zero-order chi connectivity index (χ0) is 25.5. The van der Waals surface area contributed by atoms with E-state index in [0.717, 1.165) is 25.9 Å². The van der Waals surface area contributed by atoms with Crippen molar-refractivity contribution in [3.05, 3.63) is 40.8 Å². The van der Waals surface area contributed by atoms with Gasteiger partial charge in [0.15, 0.2) is 23.8 Å². The third-order valence-corrected chi connectivity index (χ3v) is 6.81. The minimum Gasteiger partial charge on any atom is -0.481 e. The topological polar surface area (TPSA) is 141 Å². The molecule has 0 aromatic carbocycles. The first-order chi connectivity index (χ1) is 18.0. The molecule has 0 saturated carbocycles. The highest BCUT2D eigenvalue weighted by Crippen LogP contribution is 2.31. The van der Waals surface area contributed by atoms with E-state index in [0.29, 0.717) is 41.7 Å². The van der Waals surface area contributed by atoms with Crippen molar-refractivity contribution in [1.82, 2.24) is 24.4 Å². The maximum atomic E-state index is 12.7. The summed E-state index contributed by atoms with van der Waals surface area (Å²) in [5, 5.41) is 2.65. The van der Waals surface area contributed by atoms with Crippen LogP contribution in [0.2, 0.25) is 0 Å². The van der Waals surface area contributed by atoms with E-state index in [1.54, 1.807) is 28.8 Å². The predicted octanol–water partition coefficient (Wildman–Crippen LogP) is 1.19. The molecule has 3 aliphatic rings. The number of nitrogens with zero attached hydrogens (tertiary/aromatic N) is 6. The van der Waals surface area contributed by atoms with Crippen LogP contribution < -0.4 is 25.2 Å². The number of anilines is 2. The molecule has 0 aliphatic carbocycles. The van der Waals surface area contributed by atoms with Crippen molar-refractivity contribution in [3.63, 3.8) is 0 Å². The van der Waals surface area contributed by atoms with Gasteiger partial charge in [-0.2, -0.15) is 4.98 Å². The molecule has 0 radical (unpaired) electrons. The lowest BCUT2D eigenvalue weighted by molar-refractivity contribution is -0.118. The molecule has 192 valence electrons. The summed E-state index contributed by atoms with van der Waals surface area (Å²) in [6.07, 6.45) is 2.01. The molecule has 6 rings (SSSR count). The Morgan fingerprint density at radius 1 is 1.11 bits per heavy atom. The van der Waals surface area contributed by atoms with Crippen LogP contribution in [-0.4, -0.2) is 82.4 Å². The fourth-order valence-electron chi connectivity index (χ4n) is 5.02. The fraction of sp³-hybridized carbons (Fsp3) is 0.417. The molecule has 3 aromatic rings. The molecule has 1 atom stereocenters. The van der Waals surface area contributed by atoms with Crippen molar-refractivity contribution in [2.75, 3.05) is 50.1 Å². The Labute approximate surface area is 211 Å². The highest BCUT2D eigenvalue weighted by molar-refractivity contribution is 5.95. The number of pyridine rings is 2.